The number of rotatable bonds is 2. The number of fused-ring (bicyclic) bond motifs is 5. The van der Waals surface area contributed by atoms with Crippen LogP contribution in [0, 0.1) is 28.6 Å². The Morgan fingerprint density at radius 1 is 1.00 bits per heavy atom. The Kier molecular flexibility index (Phi) is 4.90. The highest BCUT2D eigenvalue weighted by Gasteiger charge is 2.59. The zero-order valence-electron chi connectivity index (χ0n) is 19.3. The molecule has 0 radical (unpaired) electrons. The molecule has 0 bridgehead atoms. The highest BCUT2D eigenvalue weighted by atomic mass is 35.5. The molecule has 7 atom stereocenters. The largest absolute Gasteiger partial charge is 0.393 e. The molecule has 1 aromatic heterocycles. The Balaban J connectivity index is 1.32. The van der Waals surface area contributed by atoms with Crippen LogP contribution in [0.2, 0.25) is 5.02 Å². The first kappa shape index (κ1) is 21.0. The third kappa shape index (κ3) is 3.00. The van der Waals surface area contributed by atoms with Gasteiger partial charge in [0, 0.05) is 22.8 Å². The van der Waals surface area contributed by atoms with Gasteiger partial charge in [-0.1, -0.05) is 37.1 Å². The Morgan fingerprint density at radius 2 is 1.81 bits per heavy atom. The van der Waals surface area contributed by atoms with Crippen LogP contribution in [-0.2, 0) is 0 Å². The molecule has 32 heavy (non-hydrogen) atoms. The summed E-state index contributed by atoms with van der Waals surface area (Å²) in [5.74, 6) is 2.90. The topological polar surface area (TPSA) is 38.1 Å². The first-order valence-corrected chi connectivity index (χ1v) is 13.0. The van der Waals surface area contributed by atoms with E-state index in [4.69, 9.17) is 16.7 Å². The first-order chi connectivity index (χ1) is 15.4. The lowest BCUT2D eigenvalue weighted by Gasteiger charge is -2.58. The smallest absolute Gasteiger partial charge is 0.0649 e. The van der Waals surface area contributed by atoms with E-state index in [9.17, 15) is 5.11 Å². The van der Waals surface area contributed by atoms with Crippen LogP contribution in [0.15, 0.2) is 48.2 Å². The van der Waals surface area contributed by atoms with Gasteiger partial charge >= 0.3 is 0 Å². The molecule has 3 fully saturated rings. The van der Waals surface area contributed by atoms with Crippen LogP contribution >= 0.6 is 11.6 Å². The van der Waals surface area contributed by atoms with Gasteiger partial charge in [0.15, 0.2) is 0 Å². The van der Waals surface area contributed by atoms with E-state index in [-0.39, 0.29) is 6.10 Å². The number of aliphatic hydroxyl groups is 1. The Morgan fingerprint density at radius 3 is 2.62 bits per heavy atom. The fourth-order valence-electron chi connectivity index (χ4n) is 8.50. The number of aliphatic hydroxyl groups excluding tert-OH is 1. The summed E-state index contributed by atoms with van der Waals surface area (Å²) in [5, 5.41) is 15.8. The van der Waals surface area contributed by atoms with Crippen LogP contribution in [-0.4, -0.2) is 21.0 Å². The van der Waals surface area contributed by atoms with Crippen LogP contribution in [0.3, 0.4) is 0 Å². The van der Waals surface area contributed by atoms with Gasteiger partial charge in [-0.15, -0.1) is 0 Å². The fraction of sp³-hybridized carbons (Fsp3) is 0.607. The lowest BCUT2D eigenvalue weighted by molar-refractivity contribution is -0.0414. The van der Waals surface area contributed by atoms with Crippen LogP contribution in [0.5, 0.6) is 0 Å². The average Bonchev–Trinajstić information content (AvgIpc) is 3.38. The minimum Gasteiger partial charge on any atom is -0.393 e. The van der Waals surface area contributed by atoms with Gasteiger partial charge in [0.2, 0.25) is 0 Å². The van der Waals surface area contributed by atoms with E-state index in [1.54, 1.807) is 5.57 Å². The van der Waals surface area contributed by atoms with Crippen molar-refractivity contribution in [3.63, 3.8) is 0 Å². The number of hydrogen-bond donors (Lipinski definition) is 1. The first-order valence-electron chi connectivity index (χ1n) is 12.6. The Labute approximate surface area is 196 Å². The molecule has 0 amide bonds. The van der Waals surface area contributed by atoms with Crippen LogP contribution in [0.4, 0.5) is 0 Å². The summed E-state index contributed by atoms with van der Waals surface area (Å²) in [7, 11) is 0. The number of nitrogens with zero attached hydrogens (tertiary/aromatic N) is 2. The zero-order valence-corrected chi connectivity index (χ0v) is 20.1. The maximum atomic E-state index is 10.3. The van der Waals surface area contributed by atoms with E-state index in [0.29, 0.717) is 16.7 Å². The summed E-state index contributed by atoms with van der Waals surface area (Å²) in [6.45, 7) is 5.10. The molecule has 2 aromatic rings. The number of aromatic nitrogens is 2. The predicted molar refractivity (Wildman–Crippen MR) is 129 cm³/mol. The van der Waals surface area contributed by atoms with Crippen molar-refractivity contribution in [2.24, 2.45) is 28.6 Å². The van der Waals surface area contributed by atoms with Gasteiger partial charge in [-0.25, -0.2) is 4.68 Å². The highest BCUT2D eigenvalue weighted by molar-refractivity contribution is 6.30. The van der Waals surface area contributed by atoms with E-state index in [1.807, 2.05) is 18.3 Å². The average molecular weight is 451 g/mol. The van der Waals surface area contributed by atoms with Crippen molar-refractivity contribution in [3.8, 4) is 5.69 Å². The highest BCUT2D eigenvalue weighted by Crippen LogP contribution is 2.68. The predicted octanol–water partition coefficient (Wildman–Crippen LogP) is 6.93. The number of hydrogen-bond acceptors (Lipinski definition) is 2. The third-order valence-corrected chi connectivity index (χ3v) is 10.4. The molecule has 0 saturated heterocycles. The minimum atomic E-state index is -0.122. The summed E-state index contributed by atoms with van der Waals surface area (Å²) in [5.41, 5.74) is 4.69. The van der Waals surface area contributed by atoms with Crippen LogP contribution in [0.1, 0.15) is 76.8 Å². The number of halogens is 1. The second-order valence-corrected chi connectivity index (χ2v) is 11.9. The Bertz CT molecular complexity index is 1040. The van der Waals surface area contributed by atoms with Crippen LogP contribution < -0.4 is 0 Å². The summed E-state index contributed by atoms with van der Waals surface area (Å²) < 4.78 is 2.16. The fourth-order valence-corrected chi connectivity index (χ4v) is 8.63. The molecule has 3 nitrogen and oxygen atoms in total. The molecule has 0 spiro atoms. The summed E-state index contributed by atoms with van der Waals surface area (Å²) in [4.78, 5) is 0. The standard InChI is InChI=1S/C28H35ClN2O/c1-27-14-11-21(32)17-18(27)3-8-22-23-9-10-25(28(23,2)15-12-24(22)27)26-13-16-30-31(26)20-6-4-19(29)5-7-20/h3-7,13,16,21-25,32H,8-12,14-15,17H2,1-2H3/t21-,22-,23-,24-,25+,27-,28-/m0/s1. The van der Waals surface area contributed by atoms with E-state index < -0.39 is 0 Å². The van der Waals surface area contributed by atoms with Gasteiger partial charge in [-0.2, -0.15) is 5.10 Å². The van der Waals surface area contributed by atoms with Crippen molar-refractivity contribution >= 4 is 11.6 Å². The second-order valence-electron chi connectivity index (χ2n) is 11.5. The molecule has 6 rings (SSSR count). The van der Waals surface area contributed by atoms with E-state index in [1.165, 1.54) is 37.8 Å². The SMILES string of the molecule is C[C@]12CC[C@H]3[C@@H](CC=C4C[C@@H](O)CC[C@@]43C)[C@@H]1CC[C@@H]2c1ccnn1-c1ccc(Cl)cc1. The van der Waals surface area contributed by atoms with Crippen molar-refractivity contribution in [1.82, 2.24) is 9.78 Å². The van der Waals surface area contributed by atoms with Crippen molar-refractivity contribution in [2.45, 2.75) is 77.2 Å². The molecule has 0 unspecified atom stereocenters. The monoisotopic (exact) mass is 450 g/mol. The summed E-state index contributed by atoms with van der Waals surface area (Å²) in [6.07, 6.45) is 13.9. The maximum Gasteiger partial charge on any atom is 0.0649 e. The van der Waals surface area contributed by atoms with Gasteiger partial charge in [-0.3, -0.25) is 0 Å². The van der Waals surface area contributed by atoms with Crippen molar-refractivity contribution in [2.75, 3.05) is 0 Å². The lowest BCUT2D eigenvalue weighted by atomic mass is 9.47. The van der Waals surface area contributed by atoms with E-state index in [2.05, 4.69) is 42.8 Å². The summed E-state index contributed by atoms with van der Waals surface area (Å²) >= 11 is 6.14. The molecule has 3 saturated carbocycles. The molecule has 170 valence electrons. The molecule has 4 aliphatic carbocycles. The summed E-state index contributed by atoms with van der Waals surface area (Å²) in [6, 6.07) is 10.3. The normalized spacial score (nSPS) is 40.9. The lowest BCUT2D eigenvalue weighted by Crippen LogP contribution is -2.50. The molecule has 4 aliphatic rings. The third-order valence-electron chi connectivity index (χ3n) is 10.2. The van der Waals surface area contributed by atoms with Gasteiger partial charge in [0.25, 0.3) is 0 Å². The molecular formula is C28H35ClN2O. The number of allylic oxidation sites excluding steroid dienone is 1. The molecule has 1 heterocycles. The van der Waals surface area contributed by atoms with Crippen molar-refractivity contribution in [1.29, 1.82) is 0 Å². The van der Waals surface area contributed by atoms with Crippen molar-refractivity contribution < 1.29 is 5.11 Å². The second kappa shape index (κ2) is 7.46. The van der Waals surface area contributed by atoms with Gasteiger partial charge in [0.05, 0.1) is 11.8 Å². The van der Waals surface area contributed by atoms with Crippen LogP contribution in [0.25, 0.3) is 5.69 Å². The number of benzene rings is 1. The van der Waals surface area contributed by atoms with Gasteiger partial charge in [0.1, 0.15) is 0 Å². The van der Waals surface area contributed by atoms with Crippen molar-refractivity contribution in [3.05, 3.63) is 58.9 Å². The molecule has 0 aliphatic heterocycles. The van der Waals surface area contributed by atoms with E-state index in [0.717, 1.165) is 47.7 Å². The quantitative estimate of drug-likeness (QED) is 0.503. The minimum absolute atomic E-state index is 0.122. The molecule has 4 heteroatoms. The van der Waals surface area contributed by atoms with E-state index >= 15 is 0 Å². The van der Waals surface area contributed by atoms with Gasteiger partial charge < -0.3 is 5.11 Å². The molecule has 1 aromatic carbocycles. The Hall–Kier alpha value is -1.58. The maximum absolute atomic E-state index is 10.3. The molecule has 1 N–H and O–H groups in total. The van der Waals surface area contributed by atoms with Gasteiger partial charge in [-0.05, 0) is 110 Å². The zero-order chi connectivity index (χ0) is 22.1. The molecular weight excluding hydrogens is 416 g/mol.